The van der Waals surface area contributed by atoms with Crippen molar-refractivity contribution in [2.24, 2.45) is 0 Å². The standard InChI is InChI=1S/2C10H3Cl5/c2*11-5-3-1-2-4-6(5)8(13)10(15)9(14)7(4)12/h2*1-3H. The summed E-state index contributed by atoms with van der Waals surface area (Å²) in [4.78, 5) is 0. The SMILES string of the molecule is Clc1c(Cl)c(Cl)c2c(Cl)cccc2c1Cl.Clc1c(Cl)c(Cl)c2c(Cl)cccc2c1Cl. The zero-order valence-corrected chi connectivity index (χ0v) is 21.8. The van der Waals surface area contributed by atoms with E-state index in [1.807, 2.05) is 0 Å². The summed E-state index contributed by atoms with van der Waals surface area (Å²) in [5.41, 5.74) is 0. The van der Waals surface area contributed by atoms with Crippen molar-refractivity contribution in [3.63, 3.8) is 0 Å². The third-order valence-corrected chi connectivity index (χ3v) is 8.36. The minimum Gasteiger partial charge on any atom is -0.0836 e. The fraction of sp³-hybridized carbons (Fsp3) is 0. The normalized spacial score (nSPS) is 11.0. The van der Waals surface area contributed by atoms with Crippen LogP contribution in [0.1, 0.15) is 0 Å². The molecule has 10 heteroatoms. The number of rotatable bonds is 0. The molecule has 0 amide bonds. The Bertz CT molecular complexity index is 1200. The maximum Gasteiger partial charge on any atom is 0.0800 e. The number of hydrogen-bond acceptors (Lipinski definition) is 0. The van der Waals surface area contributed by atoms with Gasteiger partial charge in [-0.3, -0.25) is 0 Å². The number of benzene rings is 4. The Morgan fingerprint density at radius 2 is 0.633 bits per heavy atom. The Hall–Kier alpha value is 0.300. The first kappa shape index (κ1) is 24.9. The summed E-state index contributed by atoms with van der Waals surface area (Å²) in [7, 11) is 0. The summed E-state index contributed by atoms with van der Waals surface area (Å²) in [6.45, 7) is 0. The van der Waals surface area contributed by atoms with Gasteiger partial charge in [0, 0.05) is 31.6 Å². The third-order valence-electron chi connectivity index (χ3n) is 4.10. The van der Waals surface area contributed by atoms with Gasteiger partial charge in [0.1, 0.15) is 0 Å². The second-order valence-corrected chi connectivity index (χ2v) is 9.67. The van der Waals surface area contributed by atoms with Gasteiger partial charge in [0.15, 0.2) is 0 Å². The lowest BCUT2D eigenvalue weighted by Crippen LogP contribution is -1.82. The highest BCUT2D eigenvalue weighted by molar-refractivity contribution is 6.57. The number of halogens is 10. The van der Waals surface area contributed by atoms with E-state index in [4.69, 9.17) is 116 Å². The van der Waals surface area contributed by atoms with Gasteiger partial charge >= 0.3 is 0 Å². The first-order chi connectivity index (χ1) is 14.1. The van der Waals surface area contributed by atoms with Crippen molar-refractivity contribution in [1.29, 1.82) is 0 Å². The molecular weight excluding hydrogens is 595 g/mol. The van der Waals surface area contributed by atoms with E-state index in [1.54, 1.807) is 36.4 Å². The average Bonchev–Trinajstić information content (AvgIpc) is 2.73. The van der Waals surface area contributed by atoms with E-state index in [0.29, 0.717) is 51.7 Å². The largest absolute Gasteiger partial charge is 0.0836 e. The Kier molecular flexibility index (Phi) is 8.36. The van der Waals surface area contributed by atoms with Crippen molar-refractivity contribution in [1.82, 2.24) is 0 Å². The second kappa shape index (κ2) is 10.1. The molecule has 0 unspecified atom stereocenters. The van der Waals surface area contributed by atoms with E-state index in [2.05, 4.69) is 0 Å². The van der Waals surface area contributed by atoms with Gasteiger partial charge in [0.05, 0.1) is 40.2 Å². The van der Waals surface area contributed by atoms with E-state index >= 15 is 0 Å². The molecule has 4 rings (SSSR count). The highest BCUT2D eigenvalue weighted by Crippen LogP contribution is 2.46. The molecule has 0 heterocycles. The highest BCUT2D eigenvalue weighted by Gasteiger charge is 2.17. The van der Waals surface area contributed by atoms with E-state index in [-0.39, 0.29) is 20.1 Å². The van der Waals surface area contributed by atoms with Crippen LogP contribution in [-0.2, 0) is 0 Å². The van der Waals surface area contributed by atoms with E-state index in [0.717, 1.165) is 0 Å². The molecule has 156 valence electrons. The molecule has 0 aliphatic heterocycles. The van der Waals surface area contributed by atoms with E-state index in [9.17, 15) is 0 Å². The van der Waals surface area contributed by atoms with Crippen molar-refractivity contribution < 1.29 is 0 Å². The fourth-order valence-corrected chi connectivity index (χ4v) is 5.40. The van der Waals surface area contributed by atoms with Crippen LogP contribution >= 0.6 is 116 Å². The maximum absolute atomic E-state index is 6.05. The van der Waals surface area contributed by atoms with Crippen LogP contribution in [0.4, 0.5) is 0 Å². The van der Waals surface area contributed by atoms with E-state index < -0.39 is 0 Å². The molecular formula is C20H6Cl10. The first-order valence-corrected chi connectivity index (χ1v) is 11.7. The molecule has 4 aromatic carbocycles. The molecule has 30 heavy (non-hydrogen) atoms. The van der Waals surface area contributed by atoms with Crippen LogP contribution in [0.25, 0.3) is 21.5 Å². The van der Waals surface area contributed by atoms with Crippen LogP contribution in [-0.4, -0.2) is 0 Å². The molecule has 0 aliphatic carbocycles. The van der Waals surface area contributed by atoms with Crippen molar-refractivity contribution in [2.45, 2.75) is 0 Å². The molecule has 0 nitrogen and oxygen atoms in total. The zero-order chi connectivity index (χ0) is 22.3. The van der Waals surface area contributed by atoms with Gasteiger partial charge in [-0.1, -0.05) is 140 Å². The Morgan fingerprint density at radius 1 is 0.333 bits per heavy atom. The smallest absolute Gasteiger partial charge is 0.0800 e. The summed E-state index contributed by atoms with van der Waals surface area (Å²) < 4.78 is 0. The molecule has 0 spiro atoms. The number of hydrogen-bond donors (Lipinski definition) is 0. The monoisotopic (exact) mass is 596 g/mol. The molecule has 0 bridgehead atoms. The molecule has 0 aromatic heterocycles. The lowest BCUT2D eigenvalue weighted by molar-refractivity contribution is 1.74. The highest BCUT2D eigenvalue weighted by atomic mass is 35.5. The summed E-state index contributed by atoms with van der Waals surface area (Å²) in [5, 5.41) is 5.97. The first-order valence-electron chi connectivity index (χ1n) is 7.88. The van der Waals surface area contributed by atoms with E-state index in [1.165, 1.54) is 0 Å². The van der Waals surface area contributed by atoms with Gasteiger partial charge in [-0.05, 0) is 12.1 Å². The topological polar surface area (TPSA) is 0 Å². The van der Waals surface area contributed by atoms with Crippen molar-refractivity contribution >= 4 is 138 Å². The van der Waals surface area contributed by atoms with Crippen LogP contribution in [0.15, 0.2) is 36.4 Å². The molecule has 0 saturated carbocycles. The van der Waals surface area contributed by atoms with Crippen LogP contribution in [0.2, 0.25) is 50.2 Å². The van der Waals surface area contributed by atoms with Crippen LogP contribution < -0.4 is 0 Å². The molecule has 0 atom stereocenters. The fourth-order valence-electron chi connectivity index (χ4n) is 2.70. The summed E-state index contributed by atoms with van der Waals surface area (Å²) >= 11 is 59.9. The van der Waals surface area contributed by atoms with Gasteiger partial charge in [-0.25, -0.2) is 0 Å². The van der Waals surface area contributed by atoms with Crippen molar-refractivity contribution in [3.8, 4) is 0 Å². The molecule has 0 aliphatic rings. The Morgan fingerprint density at radius 3 is 0.967 bits per heavy atom. The van der Waals surface area contributed by atoms with Gasteiger partial charge in [-0.2, -0.15) is 0 Å². The summed E-state index contributed by atoms with van der Waals surface area (Å²) in [5.74, 6) is 0. The van der Waals surface area contributed by atoms with Crippen molar-refractivity contribution in [3.05, 3.63) is 86.6 Å². The van der Waals surface area contributed by atoms with Gasteiger partial charge in [0.25, 0.3) is 0 Å². The molecule has 0 N–H and O–H groups in total. The van der Waals surface area contributed by atoms with Crippen LogP contribution in [0.5, 0.6) is 0 Å². The van der Waals surface area contributed by atoms with Crippen LogP contribution in [0.3, 0.4) is 0 Å². The predicted molar refractivity (Wildman–Crippen MR) is 138 cm³/mol. The lowest BCUT2D eigenvalue weighted by atomic mass is 10.1. The minimum atomic E-state index is 0.226. The molecule has 0 radical (unpaired) electrons. The van der Waals surface area contributed by atoms with Gasteiger partial charge < -0.3 is 0 Å². The average molecular weight is 601 g/mol. The molecule has 0 fully saturated rings. The quantitative estimate of drug-likeness (QED) is 0.139. The minimum absolute atomic E-state index is 0.226. The zero-order valence-electron chi connectivity index (χ0n) is 14.2. The van der Waals surface area contributed by atoms with Crippen LogP contribution in [0, 0.1) is 0 Å². The predicted octanol–water partition coefficient (Wildman–Crippen LogP) is 12.2. The second-order valence-electron chi connectivity index (χ2n) is 5.84. The maximum atomic E-state index is 6.05. The molecule has 4 aromatic rings. The van der Waals surface area contributed by atoms with Gasteiger partial charge in [0.2, 0.25) is 0 Å². The van der Waals surface area contributed by atoms with Crippen molar-refractivity contribution in [2.75, 3.05) is 0 Å². The lowest BCUT2D eigenvalue weighted by Gasteiger charge is -2.09. The Balaban J connectivity index is 0.000000171. The number of fused-ring (bicyclic) bond motifs is 2. The third kappa shape index (κ3) is 4.52. The summed E-state index contributed by atoms with van der Waals surface area (Å²) in [6, 6.07) is 10.6. The van der Waals surface area contributed by atoms with Gasteiger partial charge in [-0.15, -0.1) is 0 Å². The molecule has 0 saturated heterocycles. The summed E-state index contributed by atoms with van der Waals surface area (Å²) in [6.07, 6.45) is 0. The Labute approximate surface area is 222 Å².